The summed E-state index contributed by atoms with van der Waals surface area (Å²) in [6.07, 6.45) is 1.86. The molecule has 6 heteroatoms. The van der Waals surface area contributed by atoms with Crippen molar-refractivity contribution >= 4 is 17.7 Å². The van der Waals surface area contributed by atoms with Gasteiger partial charge in [-0.25, -0.2) is 9.59 Å². The third kappa shape index (κ3) is 5.64. The standard InChI is InChI=1S/C28H28N2O4/c1-2-33-27(31)24-25(21-13-7-4-8-14-21)29-28(32)30-26(24)22-15-17-23(18-16-22)34-19-9-12-20-10-5-3-6-11-20/h3-8,10-11,13-18,26H,2,9,12,19H2,1H3,(H2,29,30,32). The van der Waals surface area contributed by atoms with E-state index in [0.717, 1.165) is 29.7 Å². The minimum Gasteiger partial charge on any atom is -0.494 e. The van der Waals surface area contributed by atoms with Crippen molar-refractivity contribution in [3.63, 3.8) is 0 Å². The van der Waals surface area contributed by atoms with Gasteiger partial charge < -0.3 is 20.1 Å². The van der Waals surface area contributed by atoms with Gasteiger partial charge in [0.25, 0.3) is 0 Å². The van der Waals surface area contributed by atoms with Gasteiger partial charge in [-0.1, -0.05) is 72.8 Å². The molecule has 2 amide bonds. The first-order valence-corrected chi connectivity index (χ1v) is 11.5. The number of nitrogens with one attached hydrogen (secondary N) is 2. The maximum Gasteiger partial charge on any atom is 0.338 e. The highest BCUT2D eigenvalue weighted by molar-refractivity contribution is 6.04. The second-order valence-electron chi connectivity index (χ2n) is 7.91. The molecule has 34 heavy (non-hydrogen) atoms. The average molecular weight is 457 g/mol. The van der Waals surface area contributed by atoms with Crippen LogP contribution in [0.1, 0.15) is 36.1 Å². The van der Waals surface area contributed by atoms with Gasteiger partial charge in [-0.15, -0.1) is 0 Å². The van der Waals surface area contributed by atoms with Crippen LogP contribution in [0, 0.1) is 0 Å². The Morgan fingerprint density at radius 1 is 0.912 bits per heavy atom. The third-order valence-corrected chi connectivity index (χ3v) is 5.56. The molecule has 1 aliphatic rings. The molecule has 0 bridgehead atoms. The lowest BCUT2D eigenvalue weighted by atomic mass is 9.92. The average Bonchev–Trinajstić information content (AvgIpc) is 2.88. The summed E-state index contributed by atoms with van der Waals surface area (Å²) in [5.74, 6) is 0.266. The summed E-state index contributed by atoms with van der Waals surface area (Å²) < 4.78 is 11.2. The van der Waals surface area contributed by atoms with Gasteiger partial charge in [0.2, 0.25) is 0 Å². The number of aryl methyl sites for hydroxylation is 1. The van der Waals surface area contributed by atoms with E-state index in [2.05, 4.69) is 22.8 Å². The molecule has 0 saturated carbocycles. The number of carbonyl (C=O) groups is 2. The number of ether oxygens (including phenoxy) is 2. The molecule has 2 N–H and O–H groups in total. The molecule has 1 unspecified atom stereocenters. The molecule has 4 rings (SSSR count). The van der Waals surface area contributed by atoms with Crippen LogP contribution < -0.4 is 15.4 Å². The van der Waals surface area contributed by atoms with Crippen LogP contribution in [0.5, 0.6) is 5.75 Å². The second kappa shape index (κ2) is 11.2. The lowest BCUT2D eigenvalue weighted by molar-refractivity contribution is -0.138. The van der Waals surface area contributed by atoms with Crippen molar-refractivity contribution in [1.29, 1.82) is 0 Å². The van der Waals surface area contributed by atoms with E-state index >= 15 is 0 Å². The summed E-state index contributed by atoms with van der Waals surface area (Å²) in [4.78, 5) is 25.4. The van der Waals surface area contributed by atoms with Crippen LogP contribution in [-0.2, 0) is 16.0 Å². The lowest BCUT2D eigenvalue weighted by Crippen LogP contribution is -2.45. The summed E-state index contributed by atoms with van der Waals surface area (Å²) in [7, 11) is 0. The number of hydrogen-bond donors (Lipinski definition) is 2. The Balaban J connectivity index is 1.51. The zero-order chi connectivity index (χ0) is 23.8. The quantitative estimate of drug-likeness (QED) is 0.350. The van der Waals surface area contributed by atoms with Crippen molar-refractivity contribution in [3.05, 3.63) is 107 Å². The molecule has 3 aromatic carbocycles. The third-order valence-electron chi connectivity index (χ3n) is 5.56. The number of esters is 1. The van der Waals surface area contributed by atoms with Gasteiger partial charge in [-0.3, -0.25) is 0 Å². The van der Waals surface area contributed by atoms with E-state index in [4.69, 9.17) is 9.47 Å². The highest BCUT2D eigenvalue weighted by Gasteiger charge is 2.34. The fraction of sp³-hybridized carbons (Fsp3) is 0.214. The number of rotatable bonds is 9. The molecule has 0 aliphatic carbocycles. The van der Waals surface area contributed by atoms with Gasteiger partial charge in [0.05, 0.1) is 30.5 Å². The number of amides is 2. The first kappa shape index (κ1) is 23.1. The molecule has 3 aromatic rings. The van der Waals surface area contributed by atoms with E-state index in [1.165, 1.54) is 5.56 Å². The molecule has 1 atom stereocenters. The summed E-state index contributed by atoms with van der Waals surface area (Å²) in [5.41, 5.74) is 3.61. The molecule has 1 heterocycles. The Morgan fingerprint density at radius 2 is 1.59 bits per heavy atom. The summed E-state index contributed by atoms with van der Waals surface area (Å²) in [5, 5.41) is 5.65. The monoisotopic (exact) mass is 456 g/mol. The van der Waals surface area contributed by atoms with E-state index in [9.17, 15) is 9.59 Å². The maximum absolute atomic E-state index is 12.9. The Kier molecular flexibility index (Phi) is 7.60. The zero-order valence-electron chi connectivity index (χ0n) is 19.1. The largest absolute Gasteiger partial charge is 0.494 e. The minimum atomic E-state index is -0.643. The van der Waals surface area contributed by atoms with Gasteiger partial charge >= 0.3 is 12.0 Å². The predicted octanol–water partition coefficient (Wildman–Crippen LogP) is 5.03. The van der Waals surface area contributed by atoms with Gasteiger partial charge in [0, 0.05) is 0 Å². The van der Waals surface area contributed by atoms with Crippen molar-refractivity contribution in [3.8, 4) is 5.75 Å². The fourth-order valence-corrected chi connectivity index (χ4v) is 3.94. The summed E-state index contributed by atoms with van der Waals surface area (Å²) >= 11 is 0. The molecule has 174 valence electrons. The molecule has 1 aliphatic heterocycles. The molecule has 6 nitrogen and oxygen atoms in total. The van der Waals surface area contributed by atoms with E-state index in [-0.39, 0.29) is 12.6 Å². The van der Waals surface area contributed by atoms with Crippen LogP contribution in [-0.4, -0.2) is 25.2 Å². The SMILES string of the molecule is CCOC(=O)C1=C(c2ccccc2)NC(=O)NC1c1ccc(OCCCc2ccccc2)cc1. The Morgan fingerprint density at radius 3 is 2.26 bits per heavy atom. The van der Waals surface area contributed by atoms with Crippen molar-refractivity contribution in [2.75, 3.05) is 13.2 Å². The number of hydrogen-bond acceptors (Lipinski definition) is 4. The second-order valence-corrected chi connectivity index (χ2v) is 7.91. The van der Waals surface area contributed by atoms with Crippen molar-refractivity contribution in [2.24, 2.45) is 0 Å². The van der Waals surface area contributed by atoms with Gasteiger partial charge in [0.1, 0.15) is 5.75 Å². The molecular weight excluding hydrogens is 428 g/mol. The van der Waals surface area contributed by atoms with Gasteiger partial charge in [0.15, 0.2) is 0 Å². The Hall–Kier alpha value is -4.06. The highest BCUT2D eigenvalue weighted by atomic mass is 16.5. The smallest absolute Gasteiger partial charge is 0.338 e. The fourth-order valence-electron chi connectivity index (χ4n) is 3.94. The molecule has 0 aromatic heterocycles. The summed E-state index contributed by atoms with van der Waals surface area (Å²) in [6.45, 7) is 2.60. The molecule has 0 saturated heterocycles. The van der Waals surface area contributed by atoms with E-state index in [1.807, 2.05) is 72.8 Å². The Bertz CT molecular complexity index is 1140. The lowest BCUT2D eigenvalue weighted by Gasteiger charge is -2.29. The molecule has 0 fully saturated rings. The van der Waals surface area contributed by atoms with Crippen LogP contribution >= 0.6 is 0 Å². The minimum absolute atomic E-state index is 0.237. The summed E-state index contributed by atoms with van der Waals surface area (Å²) in [6, 6.07) is 26.0. The predicted molar refractivity (Wildman–Crippen MR) is 131 cm³/mol. The van der Waals surface area contributed by atoms with Crippen molar-refractivity contribution in [2.45, 2.75) is 25.8 Å². The number of carbonyl (C=O) groups excluding carboxylic acids is 2. The molecular formula is C28H28N2O4. The van der Waals surface area contributed by atoms with E-state index in [1.54, 1.807) is 6.92 Å². The maximum atomic E-state index is 12.9. The van der Waals surface area contributed by atoms with Crippen LogP contribution in [0.2, 0.25) is 0 Å². The zero-order valence-corrected chi connectivity index (χ0v) is 19.1. The molecule has 0 radical (unpaired) electrons. The van der Waals surface area contributed by atoms with Crippen molar-refractivity contribution in [1.82, 2.24) is 10.6 Å². The molecule has 0 spiro atoms. The first-order valence-electron chi connectivity index (χ1n) is 11.5. The Labute approximate surface area is 199 Å². The highest BCUT2D eigenvalue weighted by Crippen LogP contribution is 2.32. The van der Waals surface area contributed by atoms with Crippen LogP contribution in [0.4, 0.5) is 4.79 Å². The number of benzene rings is 3. The van der Waals surface area contributed by atoms with Crippen LogP contribution in [0.3, 0.4) is 0 Å². The normalized spacial score (nSPS) is 15.3. The van der Waals surface area contributed by atoms with E-state index < -0.39 is 12.0 Å². The first-order chi connectivity index (χ1) is 16.7. The van der Waals surface area contributed by atoms with Crippen LogP contribution in [0.25, 0.3) is 5.70 Å². The van der Waals surface area contributed by atoms with Gasteiger partial charge in [-0.2, -0.15) is 0 Å². The topological polar surface area (TPSA) is 76.7 Å². The van der Waals surface area contributed by atoms with Crippen LogP contribution in [0.15, 0.2) is 90.5 Å². The number of urea groups is 1. The van der Waals surface area contributed by atoms with Crippen molar-refractivity contribution < 1.29 is 19.1 Å². The van der Waals surface area contributed by atoms with E-state index in [0.29, 0.717) is 17.9 Å². The van der Waals surface area contributed by atoms with Gasteiger partial charge in [-0.05, 0) is 48.6 Å².